The lowest BCUT2D eigenvalue weighted by Crippen LogP contribution is -2.13. The summed E-state index contributed by atoms with van der Waals surface area (Å²) in [5.41, 5.74) is -0.0441. The van der Waals surface area contributed by atoms with Crippen LogP contribution in [-0.2, 0) is 9.84 Å². The number of carbonyl (C=O) groups is 1. The number of hydrogen-bond donors (Lipinski definition) is 2. The van der Waals surface area contributed by atoms with Crippen molar-refractivity contribution in [3.05, 3.63) is 17.7 Å². The van der Waals surface area contributed by atoms with Gasteiger partial charge in [-0.2, -0.15) is 0 Å². The molecule has 1 aromatic rings. The predicted molar refractivity (Wildman–Crippen MR) is 68.0 cm³/mol. The molecule has 0 amide bonds. The van der Waals surface area contributed by atoms with Gasteiger partial charge in [-0.1, -0.05) is 0 Å². The number of aromatic carboxylic acids is 1. The first-order chi connectivity index (χ1) is 8.96. The average Bonchev–Trinajstić information content (AvgIpc) is 3.21. The van der Waals surface area contributed by atoms with Crippen LogP contribution in [0.2, 0.25) is 0 Å². The first-order valence-electron chi connectivity index (χ1n) is 6.22. The molecule has 0 spiro atoms. The van der Waals surface area contributed by atoms with Crippen LogP contribution < -0.4 is 5.32 Å². The highest BCUT2D eigenvalue weighted by atomic mass is 32.2. The number of nitrogens with zero attached hydrogens (tertiary/aromatic N) is 1. The van der Waals surface area contributed by atoms with E-state index in [1.54, 1.807) is 0 Å². The lowest BCUT2D eigenvalue weighted by molar-refractivity contribution is 0.0696. The smallest absolute Gasteiger partial charge is 0.335 e. The summed E-state index contributed by atoms with van der Waals surface area (Å²) in [5.74, 6) is -0.810. The van der Waals surface area contributed by atoms with Gasteiger partial charge in [0.15, 0.2) is 14.9 Å². The molecule has 2 aliphatic carbocycles. The minimum Gasteiger partial charge on any atom is -0.478 e. The maximum Gasteiger partial charge on any atom is 0.335 e. The first-order valence-corrected chi connectivity index (χ1v) is 7.77. The zero-order valence-electron chi connectivity index (χ0n) is 10.2. The molecule has 0 radical (unpaired) electrons. The SMILES string of the molecule is O=C(O)c1cc(NC2CC2)nc(S(=O)(=O)C2CC2)c1. The molecule has 2 aliphatic rings. The molecule has 0 aliphatic heterocycles. The summed E-state index contributed by atoms with van der Waals surface area (Å²) in [5, 5.41) is 11.6. The van der Waals surface area contributed by atoms with Crippen molar-refractivity contribution in [2.45, 2.75) is 42.0 Å². The number of pyridine rings is 1. The molecule has 0 saturated heterocycles. The number of sulfone groups is 1. The molecule has 2 saturated carbocycles. The third kappa shape index (κ3) is 2.56. The molecular weight excluding hydrogens is 268 g/mol. The number of nitrogens with one attached hydrogen (secondary N) is 1. The maximum absolute atomic E-state index is 12.1. The minimum absolute atomic E-state index is 0.0441. The average molecular weight is 282 g/mol. The third-order valence-corrected chi connectivity index (χ3v) is 5.37. The van der Waals surface area contributed by atoms with E-state index in [4.69, 9.17) is 5.11 Å². The van der Waals surface area contributed by atoms with Crippen molar-refractivity contribution >= 4 is 21.6 Å². The summed E-state index contributed by atoms with van der Waals surface area (Å²) < 4.78 is 24.3. The van der Waals surface area contributed by atoms with Crippen molar-refractivity contribution in [3.63, 3.8) is 0 Å². The van der Waals surface area contributed by atoms with Gasteiger partial charge in [0.1, 0.15) is 5.82 Å². The monoisotopic (exact) mass is 282 g/mol. The zero-order valence-corrected chi connectivity index (χ0v) is 11.0. The van der Waals surface area contributed by atoms with Crippen LogP contribution in [0, 0.1) is 0 Å². The van der Waals surface area contributed by atoms with Crippen molar-refractivity contribution in [3.8, 4) is 0 Å². The Kier molecular flexibility index (Phi) is 2.74. The molecule has 7 heteroatoms. The van der Waals surface area contributed by atoms with Crippen LogP contribution in [0.15, 0.2) is 17.2 Å². The Morgan fingerprint density at radius 3 is 2.47 bits per heavy atom. The van der Waals surface area contributed by atoms with Gasteiger partial charge in [0.25, 0.3) is 0 Å². The summed E-state index contributed by atoms with van der Waals surface area (Å²) in [4.78, 5) is 15.1. The van der Waals surface area contributed by atoms with Crippen LogP contribution in [-0.4, -0.2) is 35.8 Å². The van der Waals surface area contributed by atoms with Crippen LogP contribution in [0.4, 0.5) is 5.82 Å². The van der Waals surface area contributed by atoms with E-state index in [-0.39, 0.29) is 16.6 Å². The van der Waals surface area contributed by atoms with Crippen LogP contribution in [0.5, 0.6) is 0 Å². The summed E-state index contributed by atoms with van der Waals surface area (Å²) in [6.07, 6.45) is 3.27. The highest BCUT2D eigenvalue weighted by Crippen LogP contribution is 2.34. The lowest BCUT2D eigenvalue weighted by Gasteiger charge is -2.08. The molecule has 102 valence electrons. The molecule has 2 N–H and O–H groups in total. The summed E-state index contributed by atoms with van der Waals surface area (Å²) >= 11 is 0. The van der Waals surface area contributed by atoms with Crippen LogP contribution >= 0.6 is 0 Å². The fourth-order valence-electron chi connectivity index (χ4n) is 1.83. The molecular formula is C12H14N2O4S. The Morgan fingerprint density at radius 2 is 1.95 bits per heavy atom. The Morgan fingerprint density at radius 1 is 1.26 bits per heavy atom. The Balaban J connectivity index is 2.01. The fourth-order valence-corrected chi connectivity index (χ4v) is 3.45. The van der Waals surface area contributed by atoms with E-state index in [0.29, 0.717) is 18.7 Å². The number of anilines is 1. The van der Waals surface area contributed by atoms with E-state index in [1.165, 1.54) is 6.07 Å². The number of carboxylic acid groups (broad SMARTS) is 1. The Hall–Kier alpha value is -1.63. The second kappa shape index (κ2) is 4.19. The van der Waals surface area contributed by atoms with E-state index in [1.807, 2.05) is 0 Å². The largest absolute Gasteiger partial charge is 0.478 e. The predicted octanol–water partition coefficient (Wildman–Crippen LogP) is 1.29. The molecule has 0 atom stereocenters. The second-order valence-electron chi connectivity index (χ2n) is 5.05. The number of rotatable bonds is 5. The van der Waals surface area contributed by atoms with Crippen LogP contribution in [0.3, 0.4) is 0 Å². The van der Waals surface area contributed by atoms with E-state index >= 15 is 0 Å². The van der Waals surface area contributed by atoms with Crippen molar-refractivity contribution in [2.75, 3.05) is 5.32 Å². The first kappa shape index (κ1) is 12.4. The van der Waals surface area contributed by atoms with Crippen molar-refractivity contribution in [1.29, 1.82) is 0 Å². The molecule has 1 aromatic heterocycles. The molecule has 19 heavy (non-hydrogen) atoms. The highest BCUT2D eigenvalue weighted by Gasteiger charge is 2.38. The molecule has 0 unspecified atom stereocenters. The van der Waals surface area contributed by atoms with Gasteiger partial charge in [-0.3, -0.25) is 0 Å². The molecule has 0 aromatic carbocycles. The van der Waals surface area contributed by atoms with E-state index in [9.17, 15) is 13.2 Å². The molecule has 3 rings (SSSR count). The van der Waals surface area contributed by atoms with Gasteiger partial charge in [0.2, 0.25) is 0 Å². The lowest BCUT2D eigenvalue weighted by atomic mass is 10.2. The third-order valence-electron chi connectivity index (χ3n) is 3.23. The Bertz CT molecular complexity index is 633. The van der Waals surface area contributed by atoms with Crippen molar-refractivity contribution in [2.24, 2.45) is 0 Å². The zero-order chi connectivity index (χ0) is 13.6. The molecule has 1 heterocycles. The van der Waals surface area contributed by atoms with Gasteiger partial charge < -0.3 is 10.4 Å². The Labute approximate surface area is 110 Å². The molecule has 2 fully saturated rings. The summed E-state index contributed by atoms with van der Waals surface area (Å²) in [6, 6.07) is 2.81. The minimum atomic E-state index is -3.47. The quantitative estimate of drug-likeness (QED) is 0.844. The van der Waals surface area contributed by atoms with Crippen LogP contribution in [0.1, 0.15) is 36.0 Å². The molecule has 6 nitrogen and oxygen atoms in total. The number of aromatic nitrogens is 1. The maximum atomic E-state index is 12.1. The molecule has 0 bridgehead atoms. The van der Waals surface area contributed by atoms with E-state index in [0.717, 1.165) is 18.9 Å². The van der Waals surface area contributed by atoms with Gasteiger partial charge in [-0.25, -0.2) is 18.2 Å². The topological polar surface area (TPSA) is 96.4 Å². The van der Waals surface area contributed by atoms with E-state index < -0.39 is 21.1 Å². The number of carboxylic acids is 1. The van der Waals surface area contributed by atoms with Crippen molar-refractivity contribution < 1.29 is 18.3 Å². The number of hydrogen-bond acceptors (Lipinski definition) is 5. The second-order valence-corrected chi connectivity index (χ2v) is 7.22. The standard InChI is InChI=1S/C12H14N2O4S/c15-12(16)7-5-10(13-8-1-2-8)14-11(6-7)19(17,18)9-3-4-9/h5-6,8-9H,1-4H2,(H,13,14)(H,15,16). The summed E-state index contributed by atoms with van der Waals surface area (Å²) in [7, 11) is -3.47. The van der Waals surface area contributed by atoms with Gasteiger partial charge in [-0.05, 0) is 37.8 Å². The van der Waals surface area contributed by atoms with Gasteiger partial charge >= 0.3 is 5.97 Å². The van der Waals surface area contributed by atoms with Crippen LogP contribution in [0.25, 0.3) is 0 Å². The fraction of sp³-hybridized carbons (Fsp3) is 0.500. The van der Waals surface area contributed by atoms with Crippen molar-refractivity contribution in [1.82, 2.24) is 4.98 Å². The van der Waals surface area contributed by atoms with Gasteiger partial charge in [0, 0.05) is 6.04 Å². The van der Waals surface area contributed by atoms with E-state index in [2.05, 4.69) is 10.3 Å². The highest BCUT2D eigenvalue weighted by molar-refractivity contribution is 7.92. The van der Waals surface area contributed by atoms with Gasteiger partial charge in [0.05, 0.1) is 10.8 Å². The van der Waals surface area contributed by atoms with Gasteiger partial charge in [-0.15, -0.1) is 0 Å². The summed E-state index contributed by atoms with van der Waals surface area (Å²) in [6.45, 7) is 0. The normalized spacial score (nSPS) is 19.2.